The average molecular weight is 451 g/mol. The van der Waals surface area contributed by atoms with Crippen LogP contribution >= 0.6 is 23.2 Å². The lowest BCUT2D eigenvalue weighted by atomic mass is 9.95. The Morgan fingerprint density at radius 1 is 1.13 bits per heavy atom. The predicted octanol–water partition coefficient (Wildman–Crippen LogP) is 3.50. The highest BCUT2D eigenvalue weighted by Gasteiger charge is 2.44. The Balaban J connectivity index is 1.69. The number of nitrogens with zero attached hydrogens (tertiary/aromatic N) is 2. The third-order valence-electron chi connectivity index (χ3n) is 5.31. The van der Waals surface area contributed by atoms with Crippen LogP contribution < -0.4 is 0 Å². The number of ketones is 1. The Hall–Kier alpha value is -2.32. The van der Waals surface area contributed by atoms with Crippen LogP contribution in [0, 0.1) is 0 Å². The molecule has 1 fully saturated rings. The van der Waals surface area contributed by atoms with E-state index in [9.17, 15) is 14.7 Å². The smallest absolute Gasteiger partial charge is 0.290 e. The molecular formula is C21H20Cl2N2O5. The number of halogens is 2. The molecule has 2 aliphatic heterocycles. The van der Waals surface area contributed by atoms with Gasteiger partial charge in [-0.05, 0) is 29.8 Å². The number of ether oxygens (including phenoxy) is 1. The van der Waals surface area contributed by atoms with E-state index in [1.807, 2.05) is 0 Å². The molecule has 7 nitrogen and oxygen atoms in total. The van der Waals surface area contributed by atoms with Gasteiger partial charge in [-0.25, -0.2) is 0 Å². The third kappa shape index (κ3) is 3.98. The first-order valence-corrected chi connectivity index (χ1v) is 10.3. The van der Waals surface area contributed by atoms with Crippen molar-refractivity contribution in [3.05, 3.63) is 69.3 Å². The summed E-state index contributed by atoms with van der Waals surface area (Å²) in [6.45, 7) is 3.70. The SMILES string of the molecule is O=C(C1=C(O)C(=O)N(CCN2CCOCC2)[C@@H]1c1ccc(Cl)c(Cl)c1)c1ccco1. The number of rotatable bonds is 6. The predicted molar refractivity (Wildman–Crippen MR) is 111 cm³/mol. The van der Waals surface area contributed by atoms with Gasteiger partial charge in [-0.15, -0.1) is 0 Å². The fourth-order valence-corrected chi connectivity index (χ4v) is 4.07. The Kier molecular flexibility index (Phi) is 6.15. The van der Waals surface area contributed by atoms with Crippen molar-refractivity contribution in [3.63, 3.8) is 0 Å². The lowest BCUT2D eigenvalue weighted by Crippen LogP contribution is -2.43. The van der Waals surface area contributed by atoms with E-state index in [1.165, 1.54) is 17.2 Å². The second kappa shape index (κ2) is 8.81. The third-order valence-corrected chi connectivity index (χ3v) is 6.05. The molecular weight excluding hydrogens is 431 g/mol. The molecule has 0 saturated carbocycles. The Labute approximate surface area is 183 Å². The van der Waals surface area contributed by atoms with Crippen molar-refractivity contribution in [2.24, 2.45) is 0 Å². The number of Topliss-reactive ketones (excluding diaryl/α,β-unsaturated/α-hetero) is 1. The normalized spacial score (nSPS) is 20.3. The number of morpholine rings is 1. The molecule has 1 saturated heterocycles. The van der Waals surface area contributed by atoms with Gasteiger partial charge in [0.25, 0.3) is 5.91 Å². The van der Waals surface area contributed by atoms with Gasteiger partial charge in [-0.3, -0.25) is 14.5 Å². The first-order chi connectivity index (χ1) is 14.5. The van der Waals surface area contributed by atoms with Gasteiger partial charge in [0.1, 0.15) is 0 Å². The van der Waals surface area contributed by atoms with Crippen LogP contribution in [0.15, 0.2) is 52.3 Å². The molecule has 1 aromatic carbocycles. The topological polar surface area (TPSA) is 83.2 Å². The number of aliphatic hydroxyl groups is 1. The molecule has 158 valence electrons. The minimum absolute atomic E-state index is 0.0321. The van der Waals surface area contributed by atoms with Gasteiger partial charge in [-0.2, -0.15) is 0 Å². The Morgan fingerprint density at radius 3 is 2.57 bits per heavy atom. The standard InChI is InChI=1S/C21H20Cl2N2O5/c22-14-4-3-13(12-15(14)23)18-17(19(26)16-2-1-9-30-16)20(27)21(28)25(18)6-5-24-7-10-29-11-8-24/h1-4,9,12,18,27H,5-8,10-11H2/t18-/m1/s1. The van der Waals surface area contributed by atoms with Crippen LogP contribution in [0.1, 0.15) is 22.2 Å². The van der Waals surface area contributed by atoms with E-state index in [2.05, 4.69) is 4.90 Å². The van der Waals surface area contributed by atoms with Crippen molar-refractivity contribution in [1.29, 1.82) is 0 Å². The summed E-state index contributed by atoms with van der Waals surface area (Å²) in [7, 11) is 0. The van der Waals surface area contributed by atoms with Crippen molar-refractivity contribution < 1.29 is 23.8 Å². The van der Waals surface area contributed by atoms with Crippen LogP contribution in [0.5, 0.6) is 0 Å². The molecule has 1 atom stereocenters. The summed E-state index contributed by atoms with van der Waals surface area (Å²) in [5.41, 5.74) is 0.550. The number of hydrogen-bond acceptors (Lipinski definition) is 6. The quantitative estimate of drug-likeness (QED) is 0.678. The molecule has 2 aliphatic rings. The molecule has 0 bridgehead atoms. The van der Waals surface area contributed by atoms with Gasteiger partial charge in [0.05, 0.1) is 41.1 Å². The molecule has 9 heteroatoms. The summed E-state index contributed by atoms with van der Waals surface area (Å²) in [5, 5.41) is 11.3. The van der Waals surface area contributed by atoms with E-state index in [0.717, 1.165) is 13.1 Å². The Bertz CT molecular complexity index is 983. The van der Waals surface area contributed by atoms with Crippen LogP contribution in [-0.2, 0) is 9.53 Å². The highest BCUT2D eigenvalue weighted by Crippen LogP contribution is 2.40. The van der Waals surface area contributed by atoms with Gasteiger partial charge < -0.3 is 19.2 Å². The number of benzene rings is 1. The molecule has 1 aromatic heterocycles. The molecule has 2 aromatic rings. The number of carbonyl (C=O) groups is 2. The summed E-state index contributed by atoms with van der Waals surface area (Å²) in [4.78, 5) is 29.7. The number of hydrogen-bond donors (Lipinski definition) is 1. The molecule has 0 unspecified atom stereocenters. The molecule has 4 rings (SSSR count). The van der Waals surface area contributed by atoms with Crippen LogP contribution in [-0.4, -0.2) is 66.0 Å². The summed E-state index contributed by atoms with van der Waals surface area (Å²) in [5.74, 6) is -1.68. The number of furan rings is 1. The summed E-state index contributed by atoms with van der Waals surface area (Å²) in [6.07, 6.45) is 1.37. The summed E-state index contributed by atoms with van der Waals surface area (Å²) in [6, 6.07) is 7.18. The highest BCUT2D eigenvalue weighted by atomic mass is 35.5. The summed E-state index contributed by atoms with van der Waals surface area (Å²) >= 11 is 12.2. The lowest BCUT2D eigenvalue weighted by Gasteiger charge is -2.31. The van der Waals surface area contributed by atoms with Gasteiger partial charge in [0.15, 0.2) is 11.5 Å². The van der Waals surface area contributed by atoms with Crippen LogP contribution in [0.4, 0.5) is 0 Å². The van der Waals surface area contributed by atoms with Crippen molar-refractivity contribution >= 4 is 34.9 Å². The first-order valence-electron chi connectivity index (χ1n) is 9.54. The molecule has 1 amide bonds. The average Bonchev–Trinajstić information content (AvgIpc) is 3.37. The molecule has 1 N–H and O–H groups in total. The molecule has 0 spiro atoms. The van der Waals surface area contributed by atoms with Crippen LogP contribution in [0.25, 0.3) is 0 Å². The second-order valence-electron chi connectivity index (χ2n) is 7.10. The zero-order chi connectivity index (χ0) is 21.3. The van der Waals surface area contributed by atoms with Crippen molar-refractivity contribution in [2.75, 3.05) is 39.4 Å². The zero-order valence-electron chi connectivity index (χ0n) is 16.0. The van der Waals surface area contributed by atoms with E-state index in [-0.39, 0.29) is 11.3 Å². The van der Waals surface area contributed by atoms with E-state index < -0.39 is 23.5 Å². The second-order valence-corrected chi connectivity index (χ2v) is 7.91. The van der Waals surface area contributed by atoms with Crippen molar-refractivity contribution in [1.82, 2.24) is 9.80 Å². The molecule has 0 radical (unpaired) electrons. The number of carbonyl (C=O) groups excluding carboxylic acids is 2. The fourth-order valence-electron chi connectivity index (χ4n) is 3.76. The maximum atomic E-state index is 13.1. The molecule has 0 aliphatic carbocycles. The monoisotopic (exact) mass is 450 g/mol. The maximum Gasteiger partial charge on any atom is 0.290 e. The van der Waals surface area contributed by atoms with E-state index in [1.54, 1.807) is 24.3 Å². The van der Waals surface area contributed by atoms with Crippen LogP contribution in [0.3, 0.4) is 0 Å². The lowest BCUT2D eigenvalue weighted by molar-refractivity contribution is -0.129. The summed E-state index contributed by atoms with van der Waals surface area (Å²) < 4.78 is 10.6. The van der Waals surface area contributed by atoms with E-state index >= 15 is 0 Å². The van der Waals surface area contributed by atoms with Crippen molar-refractivity contribution in [3.8, 4) is 0 Å². The maximum absolute atomic E-state index is 13.1. The largest absolute Gasteiger partial charge is 0.503 e. The van der Waals surface area contributed by atoms with E-state index in [4.69, 9.17) is 32.4 Å². The van der Waals surface area contributed by atoms with Gasteiger partial charge in [0, 0.05) is 26.2 Å². The highest BCUT2D eigenvalue weighted by molar-refractivity contribution is 6.42. The minimum Gasteiger partial charge on any atom is -0.503 e. The minimum atomic E-state index is -0.800. The van der Waals surface area contributed by atoms with Gasteiger partial charge in [-0.1, -0.05) is 29.3 Å². The van der Waals surface area contributed by atoms with Gasteiger partial charge in [0.2, 0.25) is 5.78 Å². The molecule has 3 heterocycles. The number of amides is 1. The number of aliphatic hydroxyl groups excluding tert-OH is 1. The van der Waals surface area contributed by atoms with Crippen LogP contribution in [0.2, 0.25) is 10.0 Å². The first kappa shape index (κ1) is 20.9. The zero-order valence-corrected chi connectivity index (χ0v) is 17.5. The fraction of sp³-hybridized carbons (Fsp3) is 0.333. The van der Waals surface area contributed by atoms with Crippen molar-refractivity contribution in [2.45, 2.75) is 6.04 Å². The molecule has 30 heavy (non-hydrogen) atoms. The Morgan fingerprint density at radius 2 is 1.90 bits per heavy atom. The van der Waals surface area contributed by atoms with Gasteiger partial charge >= 0.3 is 0 Å². The van der Waals surface area contributed by atoms with E-state index in [0.29, 0.717) is 41.9 Å².